The second kappa shape index (κ2) is 4.59. The summed E-state index contributed by atoms with van der Waals surface area (Å²) in [6.07, 6.45) is -0.155. The lowest BCUT2D eigenvalue weighted by Crippen LogP contribution is -2.26. The molecule has 0 saturated heterocycles. The van der Waals surface area contributed by atoms with E-state index in [1.54, 1.807) is 18.8 Å². The number of aryl methyl sites for hydroxylation is 1. The van der Waals surface area contributed by atoms with Crippen LogP contribution in [-0.4, -0.2) is 32.8 Å². The lowest BCUT2D eigenvalue weighted by molar-refractivity contribution is -0.0219. The summed E-state index contributed by atoms with van der Waals surface area (Å²) in [4.78, 5) is 0. The summed E-state index contributed by atoms with van der Waals surface area (Å²) < 4.78 is 7.39. The summed E-state index contributed by atoms with van der Waals surface area (Å²) in [6, 6.07) is 0. The lowest BCUT2D eigenvalue weighted by atomic mass is 9.99. The van der Waals surface area contributed by atoms with Gasteiger partial charge in [0.05, 0.1) is 5.60 Å². The molecule has 6 heteroatoms. The Morgan fingerprint density at radius 1 is 1.60 bits per heavy atom. The predicted octanol–water partition coefficient (Wildman–Crippen LogP) is 1.43. The maximum Gasteiger partial charge on any atom is 0.154 e. The van der Waals surface area contributed by atoms with Crippen LogP contribution in [-0.2, 0) is 11.8 Å². The number of halogens is 1. The molecule has 0 aliphatic heterocycles. The Labute approximate surface area is 97.6 Å². The molecule has 0 radical (unpaired) electrons. The van der Waals surface area contributed by atoms with Crippen LogP contribution >= 0.6 is 15.9 Å². The summed E-state index contributed by atoms with van der Waals surface area (Å²) >= 11 is 3.25. The van der Waals surface area contributed by atoms with Crippen molar-refractivity contribution >= 4 is 15.9 Å². The molecule has 1 aromatic heterocycles. The minimum atomic E-state index is -0.644. The molecule has 5 nitrogen and oxygen atoms in total. The van der Waals surface area contributed by atoms with Crippen molar-refractivity contribution in [1.82, 2.24) is 15.0 Å². The van der Waals surface area contributed by atoms with Gasteiger partial charge < -0.3 is 9.84 Å². The van der Waals surface area contributed by atoms with Crippen LogP contribution in [0.5, 0.6) is 0 Å². The molecule has 1 N–H and O–H groups in total. The van der Waals surface area contributed by atoms with Gasteiger partial charge in [-0.15, -0.1) is 5.10 Å². The van der Waals surface area contributed by atoms with E-state index in [4.69, 9.17) is 4.74 Å². The van der Waals surface area contributed by atoms with Gasteiger partial charge in [0.2, 0.25) is 0 Å². The van der Waals surface area contributed by atoms with E-state index in [9.17, 15) is 5.11 Å². The fourth-order valence-electron chi connectivity index (χ4n) is 1.34. The molecule has 0 spiro atoms. The maximum atomic E-state index is 10.0. The van der Waals surface area contributed by atoms with Crippen LogP contribution in [0.25, 0.3) is 0 Å². The van der Waals surface area contributed by atoms with Crippen molar-refractivity contribution in [3.05, 3.63) is 10.3 Å². The van der Waals surface area contributed by atoms with Gasteiger partial charge >= 0.3 is 0 Å². The van der Waals surface area contributed by atoms with Gasteiger partial charge in [-0.05, 0) is 29.8 Å². The lowest BCUT2D eigenvalue weighted by Gasteiger charge is -2.25. The van der Waals surface area contributed by atoms with E-state index in [0.29, 0.717) is 16.7 Å². The second-order valence-corrected chi connectivity index (χ2v) is 4.82. The number of ether oxygens (including phenoxy) is 1. The first-order valence-electron chi connectivity index (χ1n) is 4.65. The maximum absolute atomic E-state index is 10.0. The predicted molar refractivity (Wildman–Crippen MR) is 59.4 cm³/mol. The number of methoxy groups -OCH3 is 1. The molecule has 1 heterocycles. The highest BCUT2D eigenvalue weighted by molar-refractivity contribution is 9.10. The molecule has 0 aliphatic rings. The summed E-state index contributed by atoms with van der Waals surface area (Å²) in [5.74, 6) is 0. The van der Waals surface area contributed by atoms with Crippen molar-refractivity contribution < 1.29 is 9.84 Å². The standard InChI is InChI=1S/C9H16BrN3O2/c1-9(2,15-4)5-6(14)7-8(10)11-12-13(7)3/h6,14H,5H2,1-4H3. The zero-order valence-corrected chi connectivity index (χ0v) is 10.9. The molecule has 0 bridgehead atoms. The van der Waals surface area contributed by atoms with Gasteiger partial charge in [0.25, 0.3) is 0 Å². The van der Waals surface area contributed by atoms with Crippen molar-refractivity contribution in [1.29, 1.82) is 0 Å². The van der Waals surface area contributed by atoms with E-state index >= 15 is 0 Å². The third kappa shape index (κ3) is 2.99. The molecule has 0 aromatic carbocycles. The molecule has 0 fully saturated rings. The number of nitrogens with zero attached hydrogens (tertiary/aromatic N) is 3. The molecule has 1 unspecified atom stereocenters. The van der Waals surface area contributed by atoms with Gasteiger partial charge in [-0.1, -0.05) is 5.21 Å². The minimum absolute atomic E-state index is 0.372. The molecular formula is C9H16BrN3O2. The molecule has 0 saturated carbocycles. The Kier molecular flexibility index (Phi) is 3.86. The Morgan fingerprint density at radius 2 is 2.20 bits per heavy atom. The molecule has 86 valence electrons. The van der Waals surface area contributed by atoms with Crippen molar-refractivity contribution in [2.45, 2.75) is 32.0 Å². The van der Waals surface area contributed by atoms with Crippen molar-refractivity contribution in [3.8, 4) is 0 Å². The first-order valence-corrected chi connectivity index (χ1v) is 5.45. The second-order valence-electron chi connectivity index (χ2n) is 4.07. The highest BCUT2D eigenvalue weighted by Crippen LogP contribution is 2.28. The third-order valence-corrected chi connectivity index (χ3v) is 2.94. The van der Waals surface area contributed by atoms with E-state index in [2.05, 4.69) is 26.2 Å². The van der Waals surface area contributed by atoms with Crippen LogP contribution in [0.15, 0.2) is 4.60 Å². The van der Waals surface area contributed by atoms with Crippen LogP contribution in [0, 0.1) is 0 Å². The molecule has 0 aliphatic carbocycles. The molecule has 1 atom stereocenters. The normalized spacial score (nSPS) is 14.3. The van der Waals surface area contributed by atoms with E-state index < -0.39 is 6.10 Å². The van der Waals surface area contributed by atoms with Gasteiger partial charge in [0, 0.05) is 20.6 Å². The van der Waals surface area contributed by atoms with E-state index in [1.807, 2.05) is 13.8 Å². The van der Waals surface area contributed by atoms with Crippen LogP contribution in [0.3, 0.4) is 0 Å². The quantitative estimate of drug-likeness (QED) is 0.905. The summed E-state index contributed by atoms with van der Waals surface area (Å²) in [5, 5.41) is 17.7. The molecule has 1 aromatic rings. The fourth-order valence-corrected chi connectivity index (χ4v) is 1.93. The van der Waals surface area contributed by atoms with E-state index in [-0.39, 0.29) is 5.60 Å². The number of aliphatic hydroxyl groups excluding tert-OH is 1. The Morgan fingerprint density at radius 3 is 2.60 bits per heavy atom. The van der Waals surface area contributed by atoms with Crippen LogP contribution in [0.1, 0.15) is 32.1 Å². The summed E-state index contributed by atoms with van der Waals surface area (Å²) in [7, 11) is 3.37. The van der Waals surface area contributed by atoms with E-state index in [0.717, 1.165) is 0 Å². The first-order chi connectivity index (χ1) is 6.87. The Bertz CT molecular complexity index is 319. The van der Waals surface area contributed by atoms with Crippen LogP contribution in [0.2, 0.25) is 0 Å². The highest BCUT2D eigenvalue weighted by atomic mass is 79.9. The number of aliphatic hydroxyl groups is 1. The Hall–Kier alpha value is -0.460. The van der Waals surface area contributed by atoms with Crippen LogP contribution < -0.4 is 0 Å². The monoisotopic (exact) mass is 277 g/mol. The number of hydrogen-bond acceptors (Lipinski definition) is 4. The van der Waals surface area contributed by atoms with Crippen molar-refractivity contribution in [2.24, 2.45) is 7.05 Å². The van der Waals surface area contributed by atoms with Gasteiger partial charge in [-0.3, -0.25) is 0 Å². The van der Waals surface area contributed by atoms with Gasteiger partial charge in [-0.25, -0.2) is 4.68 Å². The van der Waals surface area contributed by atoms with Crippen molar-refractivity contribution in [3.63, 3.8) is 0 Å². The highest BCUT2D eigenvalue weighted by Gasteiger charge is 2.26. The summed E-state index contributed by atoms with van der Waals surface area (Å²) in [5.41, 5.74) is 0.295. The van der Waals surface area contributed by atoms with Crippen LogP contribution in [0.4, 0.5) is 0 Å². The zero-order valence-electron chi connectivity index (χ0n) is 9.36. The average Bonchev–Trinajstić information content (AvgIpc) is 2.45. The zero-order chi connectivity index (χ0) is 11.6. The number of rotatable bonds is 4. The number of aromatic nitrogens is 3. The molecular weight excluding hydrogens is 262 g/mol. The SMILES string of the molecule is COC(C)(C)CC(O)c1c(Br)nnn1C. The topological polar surface area (TPSA) is 60.2 Å². The third-order valence-electron chi connectivity index (χ3n) is 2.38. The van der Waals surface area contributed by atoms with E-state index in [1.165, 1.54) is 0 Å². The molecule has 1 rings (SSSR count). The van der Waals surface area contributed by atoms with Gasteiger partial charge in [-0.2, -0.15) is 0 Å². The minimum Gasteiger partial charge on any atom is -0.387 e. The summed E-state index contributed by atoms with van der Waals surface area (Å²) in [6.45, 7) is 3.85. The molecule has 15 heavy (non-hydrogen) atoms. The largest absolute Gasteiger partial charge is 0.387 e. The fraction of sp³-hybridized carbons (Fsp3) is 0.778. The average molecular weight is 278 g/mol. The first kappa shape index (κ1) is 12.6. The Balaban J connectivity index is 2.82. The van der Waals surface area contributed by atoms with Crippen molar-refractivity contribution in [2.75, 3.05) is 7.11 Å². The number of hydrogen-bond donors (Lipinski definition) is 1. The van der Waals surface area contributed by atoms with Gasteiger partial charge in [0.1, 0.15) is 11.8 Å². The van der Waals surface area contributed by atoms with Gasteiger partial charge in [0.15, 0.2) is 4.60 Å². The smallest absolute Gasteiger partial charge is 0.154 e. The molecule has 0 amide bonds.